The van der Waals surface area contributed by atoms with Crippen LogP contribution in [0.2, 0.25) is 0 Å². The first-order valence-corrected chi connectivity index (χ1v) is 8.73. The maximum Gasteiger partial charge on any atom is 0.325 e. The van der Waals surface area contributed by atoms with Gasteiger partial charge in [0.15, 0.2) is 0 Å². The fourth-order valence-electron chi connectivity index (χ4n) is 2.28. The number of nitrogens with one attached hydrogen (secondary N) is 1. The number of hydrogen-bond acceptors (Lipinski definition) is 3. The first-order valence-electron chi connectivity index (χ1n) is 6.95. The first kappa shape index (κ1) is 15.9. The molecule has 1 unspecified atom stereocenters. The number of halogens is 1. The number of thioether (sulfide) groups is 1. The Hall–Kier alpha value is -0.520. The van der Waals surface area contributed by atoms with Crippen LogP contribution in [0.15, 0.2) is 33.6 Å². The standard InChI is InChI=1S/C15H20BrNO2S/c1-2-9-17-15(14(18)19,11-3-4-11)10-20-13-7-5-12(16)6-8-13/h5-8,11,17H,2-4,9-10H2,1H3,(H,18,19). The highest BCUT2D eigenvalue weighted by Crippen LogP contribution is 2.42. The van der Waals surface area contributed by atoms with Crippen LogP contribution in [0.25, 0.3) is 0 Å². The van der Waals surface area contributed by atoms with E-state index in [1.54, 1.807) is 11.8 Å². The molecule has 1 fully saturated rings. The predicted octanol–water partition coefficient (Wildman–Crippen LogP) is 3.77. The van der Waals surface area contributed by atoms with Crippen LogP contribution in [0, 0.1) is 5.92 Å². The Morgan fingerprint density at radius 1 is 1.45 bits per heavy atom. The number of carboxylic acid groups (broad SMARTS) is 1. The predicted molar refractivity (Wildman–Crippen MR) is 86.3 cm³/mol. The summed E-state index contributed by atoms with van der Waals surface area (Å²) in [5, 5.41) is 13.0. The third kappa shape index (κ3) is 3.77. The number of carbonyl (C=O) groups is 1. The fourth-order valence-corrected chi connectivity index (χ4v) is 3.73. The number of benzene rings is 1. The largest absolute Gasteiger partial charge is 0.480 e. The molecular weight excluding hydrogens is 338 g/mol. The molecule has 1 aromatic rings. The second kappa shape index (κ2) is 6.96. The van der Waals surface area contributed by atoms with Crippen molar-refractivity contribution in [2.75, 3.05) is 12.3 Å². The van der Waals surface area contributed by atoms with E-state index in [1.165, 1.54) is 0 Å². The van der Waals surface area contributed by atoms with E-state index >= 15 is 0 Å². The Balaban J connectivity index is 2.06. The summed E-state index contributed by atoms with van der Waals surface area (Å²) in [5.41, 5.74) is -0.770. The smallest absolute Gasteiger partial charge is 0.325 e. The van der Waals surface area contributed by atoms with Gasteiger partial charge in [-0.15, -0.1) is 11.8 Å². The normalized spacial score (nSPS) is 17.7. The number of rotatable bonds is 8. The molecule has 110 valence electrons. The summed E-state index contributed by atoms with van der Waals surface area (Å²) in [4.78, 5) is 12.9. The highest BCUT2D eigenvalue weighted by Gasteiger charge is 2.50. The van der Waals surface area contributed by atoms with Gasteiger partial charge in [-0.3, -0.25) is 4.79 Å². The van der Waals surface area contributed by atoms with Crippen molar-refractivity contribution in [1.29, 1.82) is 0 Å². The lowest BCUT2D eigenvalue weighted by molar-refractivity contribution is -0.144. The van der Waals surface area contributed by atoms with Crippen LogP contribution in [0.5, 0.6) is 0 Å². The Kier molecular flexibility index (Phi) is 5.52. The zero-order valence-corrected chi connectivity index (χ0v) is 14.0. The van der Waals surface area contributed by atoms with Crippen molar-refractivity contribution in [2.24, 2.45) is 5.92 Å². The van der Waals surface area contributed by atoms with Crippen LogP contribution >= 0.6 is 27.7 Å². The molecule has 0 bridgehead atoms. The molecule has 0 saturated heterocycles. The lowest BCUT2D eigenvalue weighted by Crippen LogP contribution is -2.56. The zero-order chi connectivity index (χ0) is 14.6. The van der Waals surface area contributed by atoms with Crippen LogP contribution in [-0.2, 0) is 4.79 Å². The monoisotopic (exact) mass is 357 g/mol. The molecule has 3 nitrogen and oxygen atoms in total. The van der Waals surface area contributed by atoms with E-state index in [1.807, 2.05) is 24.3 Å². The van der Waals surface area contributed by atoms with E-state index in [4.69, 9.17) is 0 Å². The molecule has 1 aliphatic carbocycles. The minimum absolute atomic E-state index is 0.273. The molecule has 5 heteroatoms. The van der Waals surface area contributed by atoms with Crippen molar-refractivity contribution in [2.45, 2.75) is 36.6 Å². The topological polar surface area (TPSA) is 49.3 Å². The summed E-state index contributed by atoms with van der Waals surface area (Å²) in [5.74, 6) is 0.141. The molecule has 0 aromatic heterocycles. The van der Waals surface area contributed by atoms with Gasteiger partial charge in [0.05, 0.1) is 0 Å². The van der Waals surface area contributed by atoms with Gasteiger partial charge in [0.2, 0.25) is 0 Å². The Morgan fingerprint density at radius 3 is 2.60 bits per heavy atom. The minimum Gasteiger partial charge on any atom is -0.480 e. The summed E-state index contributed by atoms with van der Waals surface area (Å²) in [6.45, 7) is 2.82. The Bertz CT molecular complexity index is 461. The summed E-state index contributed by atoms with van der Waals surface area (Å²) in [6.07, 6.45) is 2.98. The summed E-state index contributed by atoms with van der Waals surface area (Å²) in [7, 11) is 0. The summed E-state index contributed by atoms with van der Waals surface area (Å²) < 4.78 is 1.04. The molecule has 0 amide bonds. The minimum atomic E-state index is -0.770. The SMILES string of the molecule is CCCNC(CSc1ccc(Br)cc1)(C(=O)O)C1CC1. The van der Waals surface area contributed by atoms with Crippen LogP contribution in [-0.4, -0.2) is 28.9 Å². The van der Waals surface area contributed by atoms with E-state index in [9.17, 15) is 9.90 Å². The average molecular weight is 358 g/mol. The van der Waals surface area contributed by atoms with Crippen LogP contribution in [0.1, 0.15) is 26.2 Å². The van der Waals surface area contributed by atoms with Gasteiger partial charge in [-0.25, -0.2) is 0 Å². The molecule has 0 heterocycles. The van der Waals surface area contributed by atoms with Crippen molar-refractivity contribution in [3.05, 3.63) is 28.7 Å². The van der Waals surface area contributed by atoms with Gasteiger partial charge in [0, 0.05) is 15.1 Å². The molecule has 1 aliphatic rings. The number of hydrogen-bond donors (Lipinski definition) is 2. The van der Waals surface area contributed by atoms with Crippen molar-refractivity contribution in [3.8, 4) is 0 Å². The molecule has 1 atom stereocenters. The number of carboxylic acids is 1. The molecular formula is C15H20BrNO2S. The van der Waals surface area contributed by atoms with Gasteiger partial charge in [-0.1, -0.05) is 22.9 Å². The molecule has 1 aromatic carbocycles. The van der Waals surface area contributed by atoms with E-state index < -0.39 is 11.5 Å². The molecule has 2 N–H and O–H groups in total. The maximum absolute atomic E-state index is 11.8. The van der Waals surface area contributed by atoms with E-state index in [2.05, 4.69) is 28.2 Å². The summed E-state index contributed by atoms with van der Waals surface area (Å²) in [6, 6.07) is 8.02. The van der Waals surface area contributed by atoms with Gasteiger partial charge in [-0.2, -0.15) is 0 Å². The quantitative estimate of drug-likeness (QED) is 0.695. The Labute approximate surface area is 132 Å². The van der Waals surface area contributed by atoms with Gasteiger partial charge in [-0.05, 0) is 56.0 Å². The molecule has 0 aliphatic heterocycles. The molecule has 0 spiro atoms. The molecule has 1 saturated carbocycles. The first-order chi connectivity index (χ1) is 9.58. The number of aliphatic carboxylic acids is 1. The van der Waals surface area contributed by atoms with E-state index in [0.29, 0.717) is 5.75 Å². The third-order valence-corrected chi connectivity index (χ3v) is 5.36. The van der Waals surface area contributed by atoms with Gasteiger partial charge in [0.1, 0.15) is 5.54 Å². The fraction of sp³-hybridized carbons (Fsp3) is 0.533. The zero-order valence-electron chi connectivity index (χ0n) is 11.6. The van der Waals surface area contributed by atoms with Crippen LogP contribution in [0.4, 0.5) is 0 Å². The van der Waals surface area contributed by atoms with Crippen molar-refractivity contribution < 1.29 is 9.90 Å². The highest BCUT2D eigenvalue weighted by atomic mass is 79.9. The average Bonchev–Trinajstić information content (AvgIpc) is 3.26. The second-order valence-electron chi connectivity index (χ2n) is 5.22. The third-order valence-electron chi connectivity index (χ3n) is 3.63. The van der Waals surface area contributed by atoms with Crippen molar-refractivity contribution in [1.82, 2.24) is 5.32 Å². The maximum atomic E-state index is 11.8. The lowest BCUT2D eigenvalue weighted by Gasteiger charge is -2.30. The molecule has 2 rings (SSSR count). The van der Waals surface area contributed by atoms with Crippen molar-refractivity contribution in [3.63, 3.8) is 0 Å². The van der Waals surface area contributed by atoms with Crippen LogP contribution < -0.4 is 5.32 Å². The van der Waals surface area contributed by atoms with Gasteiger partial charge in [0.25, 0.3) is 0 Å². The second-order valence-corrected chi connectivity index (χ2v) is 7.18. The van der Waals surface area contributed by atoms with Crippen molar-refractivity contribution >= 4 is 33.7 Å². The summed E-state index contributed by atoms with van der Waals surface area (Å²) >= 11 is 5.03. The van der Waals surface area contributed by atoms with Gasteiger partial charge < -0.3 is 10.4 Å². The molecule has 20 heavy (non-hydrogen) atoms. The molecule has 0 radical (unpaired) electrons. The van der Waals surface area contributed by atoms with Gasteiger partial charge >= 0.3 is 5.97 Å². The Morgan fingerprint density at radius 2 is 2.10 bits per heavy atom. The highest BCUT2D eigenvalue weighted by molar-refractivity contribution is 9.10. The van der Waals surface area contributed by atoms with E-state index in [0.717, 1.165) is 35.2 Å². The lowest BCUT2D eigenvalue weighted by atomic mass is 9.95. The van der Waals surface area contributed by atoms with E-state index in [-0.39, 0.29) is 5.92 Å². The van der Waals surface area contributed by atoms with Crippen LogP contribution in [0.3, 0.4) is 0 Å².